The minimum atomic E-state index is -0.216. The number of rotatable bonds is 5. The summed E-state index contributed by atoms with van der Waals surface area (Å²) >= 11 is 0. The first kappa shape index (κ1) is 15.7. The van der Waals surface area contributed by atoms with Crippen molar-refractivity contribution in [2.75, 3.05) is 0 Å². The van der Waals surface area contributed by atoms with Gasteiger partial charge in [0.1, 0.15) is 12.4 Å². The molecule has 5 nitrogen and oxygen atoms in total. The van der Waals surface area contributed by atoms with Gasteiger partial charge in [-0.1, -0.05) is 44.2 Å². The van der Waals surface area contributed by atoms with Crippen molar-refractivity contribution in [3.8, 4) is 0 Å². The largest absolute Gasteiger partial charge is 0.458 e. The van der Waals surface area contributed by atoms with Crippen LogP contribution in [-0.4, -0.2) is 15.9 Å². The van der Waals surface area contributed by atoms with Crippen molar-refractivity contribution in [3.05, 3.63) is 40.4 Å². The Labute approximate surface area is 135 Å². The number of hydrogen-bond acceptors (Lipinski definition) is 4. The topological polar surface area (TPSA) is 72.0 Å². The number of nitrogens with zero attached hydrogens (tertiary/aromatic N) is 1. The zero-order valence-electron chi connectivity index (χ0n) is 13.2. The number of H-pyrrole nitrogens is 1. The molecule has 0 atom stereocenters. The summed E-state index contributed by atoms with van der Waals surface area (Å²) in [6, 6.07) is 7.12. The Bertz CT molecular complexity index is 732. The maximum Gasteiger partial charge on any atom is 0.306 e. The summed E-state index contributed by atoms with van der Waals surface area (Å²) in [4.78, 5) is 30.8. The Morgan fingerprint density at radius 1 is 1.22 bits per heavy atom. The lowest BCUT2D eigenvalue weighted by molar-refractivity contribution is -0.145. The third-order valence-electron chi connectivity index (χ3n) is 4.51. The zero-order chi connectivity index (χ0) is 16.1. The first-order valence-electron chi connectivity index (χ1n) is 8.36. The van der Waals surface area contributed by atoms with Gasteiger partial charge in [0.15, 0.2) is 0 Å². The van der Waals surface area contributed by atoms with E-state index in [0.29, 0.717) is 29.1 Å². The van der Waals surface area contributed by atoms with Crippen molar-refractivity contribution in [2.45, 2.75) is 51.6 Å². The fourth-order valence-electron chi connectivity index (χ4n) is 3.22. The summed E-state index contributed by atoms with van der Waals surface area (Å²) in [7, 11) is 0. The molecule has 3 rings (SSSR count). The standard InChI is InChI=1S/C18H22N2O3/c21-17(11-10-13-6-2-1-3-7-13)23-12-16-19-15-9-5-4-8-14(15)18(22)20-16/h4-5,8-9,13H,1-3,6-7,10-12H2,(H,19,20,22). The molecular formula is C18H22N2O3. The number of ether oxygens (including phenoxy) is 1. The van der Waals surface area contributed by atoms with Crippen LogP contribution in [0, 0.1) is 5.92 Å². The van der Waals surface area contributed by atoms with Crippen LogP contribution in [0.4, 0.5) is 0 Å². The van der Waals surface area contributed by atoms with E-state index in [1.54, 1.807) is 18.2 Å². The Kier molecular flexibility index (Phi) is 5.05. The Morgan fingerprint density at radius 3 is 2.83 bits per heavy atom. The summed E-state index contributed by atoms with van der Waals surface area (Å²) < 4.78 is 5.25. The molecule has 2 aromatic rings. The van der Waals surface area contributed by atoms with E-state index >= 15 is 0 Å². The van der Waals surface area contributed by atoms with Gasteiger partial charge in [-0.3, -0.25) is 9.59 Å². The highest BCUT2D eigenvalue weighted by atomic mass is 16.5. The first-order chi connectivity index (χ1) is 11.2. The lowest BCUT2D eigenvalue weighted by atomic mass is 9.86. The summed E-state index contributed by atoms with van der Waals surface area (Å²) in [5.41, 5.74) is 0.411. The monoisotopic (exact) mass is 314 g/mol. The number of esters is 1. The predicted octanol–water partition coefficient (Wildman–Crippen LogP) is 3.33. The first-order valence-corrected chi connectivity index (χ1v) is 8.36. The highest BCUT2D eigenvalue weighted by Crippen LogP contribution is 2.27. The van der Waals surface area contributed by atoms with Gasteiger partial charge in [-0.2, -0.15) is 0 Å². The van der Waals surface area contributed by atoms with Crippen LogP contribution >= 0.6 is 0 Å². The van der Waals surface area contributed by atoms with Crippen molar-refractivity contribution in [1.82, 2.24) is 9.97 Å². The van der Waals surface area contributed by atoms with Gasteiger partial charge < -0.3 is 9.72 Å². The van der Waals surface area contributed by atoms with Gasteiger partial charge in [0.25, 0.3) is 5.56 Å². The second kappa shape index (κ2) is 7.40. The fourth-order valence-corrected chi connectivity index (χ4v) is 3.22. The second-order valence-corrected chi connectivity index (χ2v) is 6.23. The van der Waals surface area contributed by atoms with Crippen LogP contribution in [-0.2, 0) is 16.1 Å². The van der Waals surface area contributed by atoms with Crippen LogP contribution in [0.15, 0.2) is 29.1 Å². The molecule has 0 amide bonds. The van der Waals surface area contributed by atoms with Gasteiger partial charge >= 0.3 is 5.97 Å². The highest BCUT2D eigenvalue weighted by Gasteiger charge is 2.15. The molecule has 1 aromatic heterocycles. The molecule has 0 aliphatic heterocycles. The molecule has 23 heavy (non-hydrogen) atoms. The molecule has 1 aromatic carbocycles. The SMILES string of the molecule is O=C(CCC1CCCCC1)OCc1nc2ccccc2c(=O)[nH]1. The molecule has 0 unspecified atom stereocenters. The Morgan fingerprint density at radius 2 is 2.00 bits per heavy atom. The summed E-state index contributed by atoms with van der Waals surface area (Å²) in [5, 5.41) is 0.542. The van der Waals surface area contributed by atoms with E-state index in [2.05, 4.69) is 9.97 Å². The molecule has 0 spiro atoms. The minimum absolute atomic E-state index is 0.0174. The number of benzene rings is 1. The second-order valence-electron chi connectivity index (χ2n) is 6.23. The van der Waals surface area contributed by atoms with Crippen molar-refractivity contribution in [2.24, 2.45) is 5.92 Å². The Hall–Kier alpha value is -2.17. The third kappa shape index (κ3) is 4.18. The average Bonchev–Trinajstić information content (AvgIpc) is 2.59. The Balaban J connectivity index is 1.53. The number of nitrogens with one attached hydrogen (secondary N) is 1. The normalized spacial score (nSPS) is 15.7. The van der Waals surface area contributed by atoms with Crippen molar-refractivity contribution >= 4 is 16.9 Å². The van der Waals surface area contributed by atoms with Crippen molar-refractivity contribution in [1.29, 1.82) is 0 Å². The van der Waals surface area contributed by atoms with Crippen LogP contribution in [0.2, 0.25) is 0 Å². The number of carbonyl (C=O) groups is 1. The van der Waals surface area contributed by atoms with Crippen molar-refractivity contribution in [3.63, 3.8) is 0 Å². The maximum absolute atomic E-state index is 11.9. The summed E-state index contributed by atoms with van der Waals surface area (Å²) in [5.74, 6) is 0.834. The molecule has 1 aliphatic rings. The summed E-state index contributed by atoms with van der Waals surface area (Å²) in [6.07, 6.45) is 7.69. The van der Waals surface area contributed by atoms with E-state index in [1.807, 2.05) is 6.07 Å². The van der Waals surface area contributed by atoms with Crippen LogP contribution < -0.4 is 5.56 Å². The average molecular weight is 314 g/mol. The van der Waals surface area contributed by atoms with Crippen LogP contribution in [0.25, 0.3) is 10.9 Å². The van der Waals surface area contributed by atoms with Crippen molar-refractivity contribution < 1.29 is 9.53 Å². The van der Waals surface area contributed by atoms with Gasteiger partial charge in [0.05, 0.1) is 10.9 Å². The number of fused-ring (bicyclic) bond motifs is 1. The number of aromatic amines is 1. The molecule has 5 heteroatoms. The quantitative estimate of drug-likeness (QED) is 0.859. The van der Waals surface area contributed by atoms with E-state index in [0.717, 1.165) is 6.42 Å². The van der Waals surface area contributed by atoms with E-state index in [9.17, 15) is 9.59 Å². The number of para-hydroxylation sites is 1. The number of aromatic nitrogens is 2. The van der Waals surface area contributed by atoms with Gasteiger partial charge in [0.2, 0.25) is 0 Å². The fraction of sp³-hybridized carbons (Fsp3) is 0.500. The maximum atomic E-state index is 11.9. The molecule has 0 bridgehead atoms. The number of hydrogen-bond donors (Lipinski definition) is 1. The van der Waals surface area contributed by atoms with E-state index in [1.165, 1.54) is 32.1 Å². The molecule has 1 N–H and O–H groups in total. The highest BCUT2D eigenvalue weighted by molar-refractivity contribution is 5.77. The molecular weight excluding hydrogens is 292 g/mol. The molecule has 1 fully saturated rings. The third-order valence-corrected chi connectivity index (χ3v) is 4.51. The number of carbonyl (C=O) groups excluding carboxylic acids is 1. The van der Waals surface area contributed by atoms with Gasteiger partial charge in [-0.25, -0.2) is 4.98 Å². The van der Waals surface area contributed by atoms with Gasteiger partial charge in [-0.05, 0) is 24.5 Å². The van der Waals surface area contributed by atoms with E-state index in [4.69, 9.17) is 4.74 Å². The molecule has 122 valence electrons. The molecule has 0 saturated heterocycles. The smallest absolute Gasteiger partial charge is 0.306 e. The lowest BCUT2D eigenvalue weighted by Gasteiger charge is -2.20. The van der Waals surface area contributed by atoms with Gasteiger partial charge in [0, 0.05) is 6.42 Å². The molecule has 1 saturated carbocycles. The summed E-state index contributed by atoms with van der Waals surface area (Å²) in [6.45, 7) is 0.0174. The molecule has 1 aliphatic carbocycles. The van der Waals surface area contributed by atoms with E-state index < -0.39 is 0 Å². The van der Waals surface area contributed by atoms with Crippen LogP contribution in [0.1, 0.15) is 50.8 Å². The lowest BCUT2D eigenvalue weighted by Crippen LogP contribution is -2.15. The predicted molar refractivity (Wildman–Crippen MR) is 88.0 cm³/mol. The molecule has 1 heterocycles. The van der Waals surface area contributed by atoms with E-state index in [-0.39, 0.29) is 18.1 Å². The van der Waals surface area contributed by atoms with Gasteiger partial charge in [-0.15, -0.1) is 0 Å². The zero-order valence-corrected chi connectivity index (χ0v) is 13.2. The minimum Gasteiger partial charge on any atom is -0.458 e. The molecule has 0 radical (unpaired) electrons. The van der Waals surface area contributed by atoms with Crippen LogP contribution in [0.5, 0.6) is 0 Å². The van der Waals surface area contributed by atoms with Crippen LogP contribution in [0.3, 0.4) is 0 Å².